The second-order valence-corrected chi connectivity index (χ2v) is 4.55. The lowest BCUT2D eigenvalue weighted by atomic mass is 10.1. The first-order valence-electron chi connectivity index (χ1n) is 6.12. The summed E-state index contributed by atoms with van der Waals surface area (Å²) in [5.41, 5.74) is 1.74. The fraction of sp³-hybridized carbons (Fsp3) is 0.538. The van der Waals surface area contributed by atoms with E-state index in [4.69, 9.17) is 5.11 Å². The molecule has 1 aromatic rings. The van der Waals surface area contributed by atoms with Crippen molar-refractivity contribution in [3.8, 4) is 0 Å². The van der Waals surface area contributed by atoms with Gasteiger partial charge in [0, 0.05) is 25.0 Å². The Labute approximate surface area is 101 Å². The van der Waals surface area contributed by atoms with Crippen molar-refractivity contribution in [1.29, 1.82) is 0 Å². The molecule has 17 heavy (non-hydrogen) atoms. The van der Waals surface area contributed by atoms with E-state index in [1.807, 2.05) is 12.1 Å². The van der Waals surface area contributed by atoms with Crippen molar-refractivity contribution in [2.75, 3.05) is 18.0 Å². The maximum Gasteiger partial charge on any atom is 0.312 e. The minimum absolute atomic E-state index is 0.542. The number of carbonyl (C=O) groups is 1. The molecule has 0 spiro atoms. The van der Waals surface area contributed by atoms with Gasteiger partial charge in [0.05, 0.1) is 11.6 Å². The topological polar surface area (TPSA) is 53.4 Å². The van der Waals surface area contributed by atoms with Crippen LogP contribution >= 0.6 is 0 Å². The van der Waals surface area contributed by atoms with Crippen LogP contribution in [0.3, 0.4) is 0 Å². The molecule has 0 saturated carbocycles. The molecule has 0 amide bonds. The van der Waals surface area contributed by atoms with E-state index in [2.05, 4.69) is 9.88 Å². The molecule has 4 heteroatoms. The summed E-state index contributed by atoms with van der Waals surface area (Å²) in [6.45, 7) is 3.79. The van der Waals surface area contributed by atoms with Gasteiger partial charge in [-0.25, -0.2) is 0 Å². The summed E-state index contributed by atoms with van der Waals surface area (Å²) in [6.07, 6.45) is 5.43. The third-order valence-corrected chi connectivity index (χ3v) is 3.30. The zero-order chi connectivity index (χ0) is 12.3. The second-order valence-electron chi connectivity index (χ2n) is 4.55. The van der Waals surface area contributed by atoms with Gasteiger partial charge in [-0.3, -0.25) is 9.78 Å². The van der Waals surface area contributed by atoms with E-state index in [-0.39, 0.29) is 0 Å². The van der Waals surface area contributed by atoms with Crippen molar-refractivity contribution in [3.63, 3.8) is 0 Å². The number of aromatic nitrogens is 1. The van der Waals surface area contributed by atoms with E-state index in [0.717, 1.165) is 18.8 Å². The zero-order valence-corrected chi connectivity index (χ0v) is 10.1. The lowest BCUT2D eigenvalue weighted by Crippen LogP contribution is -2.29. The standard InChI is InChI=1S/C13H18N2O2/c1-10(13(16)17)12-9-11(5-6-14-12)15-7-3-2-4-8-15/h5-6,9-10H,2-4,7-8H2,1H3,(H,16,17). The fourth-order valence-electron chi connectivity index (χ4n) is 2.15. The van der Waals surface area contributed by atoms with Crippen molar-refractivity contribution >= 4 is 11.7 Å². The number of rotatable bonds is 3. The van der Waals surface area contributed by atoms with Gasteiger partial charge < -0.3 is 10.0 Å². The van der Waals surface area contributed by atoms with Gasteiger partial charge in [-0.05, 0) is 38.3 Å². The molecule has 0 aliphatic carbocycles. The van der Waals surface area contributed by atoms with Gasteiger partial charge in [0.15, 0.2) is 0 Å². The molecule has 1 atom stereocenters. The maximum atomic E-state index is 10.9. The smallest absolute Gasteiger partial charge is 0.312 e. The fourth-order valence-corrected chi connectivity index (χ4v) is 2.15. The Morgan fingerprint density at radius 3 is 2.76 bits per heavy atom. The Morgan fingerprint density at radius 1 is 1.41 bits per heavy atom. The number of aliphatic carboxylic acids is 1. The average molecular weight is 234 g/mol. The van der Waals surface area contributed by atoms with Gasteiger partial charge >= 0.3 is 5.97 Å². The number of nitrogens with zero attached hydrogens (tertiary/aromatic N) is 2. The first kappa shape index (κ1) is 11.9. The summed E-state index contributed by atoms with van der Waals surface area (Å²) >= 11 is 0. The molecule has 1 N–H and O–H groups in total. The molecular weight excluding hydrogens is 216 g/mol. The highest BCUT2D eigenvalue weighted by Gasteiger charge is 2.17. The van der Waals surface area contributed by atoms with Crippen LogP contribution in [0.5, 0.6) is 0 Å². The Balaban J connectivity index is 2.18. The minimum atomic E-state index is -0.826. The van der Waals surface area contributed by atoms with Crippen molar-refractivity contribution in [2.24, 2.45) is 0 Å². The van der Waals surface area contributed by atoms with Crippen LogP contribution in [0.4, 0.5) is 5.69 Å². The first-order valence-corrected chi connectivity index (χ1v) is 6.12. The molecule has 1 fully saturated rings. The average Bonchev–Trinajstić information content (AvgIpc) is 2.39. The van der Waals surface area contributed by atoms with Crippen LogP contribution in [0.1, 0.15) is 37.8 Å². The second kappa shape index (κ2) is 5.17. The predicted octanol–water partition coefficient (Wildman–Crippen LogP) is 2.26. The Bertz CT molecular complexity index is 400. The number of anilines is 1. The van der Waals surface area contributed by atoms with Gasteiger partial charge in [0.1, 0.15) is 0 Å². The van der Waals surface area contributed by atoms with Gasteiger partial charge in [-0.15, -0.1) is 0 Å². The summed E-state index contributed by atoms with van der Waals surface area (Å²) in [5, 5.41) is 8.98. The van der Waals surface area contributed by atoms with Crippen LogP contribution in [-0.2, 0) is 4.79 Å². The molecular formula is C13H18N2O2. The van der Waals surface area contributed by atoms with Gasteiger partial charge in [0.2, 0.25) is 0 Å². The Hall–Kier alpha value is -1.58. The molecule has 2 rings (SSSR count). The van der Waals surface area contributed by atoms with Gasteiger partial charge in [-0.2, -0.15) is 0 Å². The first-order chi connectivity index (χ1) is 8.18. The normalized spacial score (nSPS) is 17.8. The lowest BCUT2D eigenvalue weighted by Gasteiger charge is -2.29. The third kappa shape index (κ3) is 2.75. The SMILES string of the molecule is CC(C(=O)O)c1cc(N2CCCCC2)ccn1. The van der Waals surface area contributed by atoms with E-state index in [9.17, 15) is 4.79 Å². The minimum Gasteiger partial charge on any atom is -0.481 e. The molecule has 0 bridgehead atoms. The molecule has 2 heterocycles. The highest BCUT2D eigenvalue weighted by Crippen LogP contribution is 2.22. The number of carboxylic acids is 1. The van der Waals surface area contributed by atoms with Crippen LogP contribution in [0.15, 0.2) is 18.3 Å². The van der Waals surface area contributed by atoms with E-state index in [0.29, 0.717) is 5.69 Å². The maximum absolute atomic E-state index is 10.9. The third-order valence-electron chi connectivity index (χ3n) is 3.30. The number of piperidine rings is 1. The molecule has 1 saturated heterocycles. The molecule has 0 aromatic carbocycles. The largest absolute Gasteiger partial charge is 0.481 e. The highest BCUT2D eigenvalue weighted by molar-refractivity contribution is 5.75. The number of hydrogen-bond acceptors (Lipinski definition) is 3. The summed E-state index contributed by atoms with van der Waals surface area (Å²) in [6, 6.07) is 3.87. The highest BCUT2D eigenvalue weighted by atomic mass is 16.4. The molecule has 4 nitrogen and oxygen atoms in total. The molecule has 1 aliphatic rings. The summed E-state index contributed by atoms with van der Waals surface area (Å²) in [5.74, 6) is -1.37. The van der Waals surface area contributed by atoms with Crippen molar-refractivity contribution < 1.29 is 9.90 Å². The summed E-state index contributed by atoms with van der Waals surface area (Å²) in [4.78, 5) is 17.4. The van der Waals surface area contributed by atoms with Crippen molar-refractivity contribution in [2.45, 2.75) is 32.1 Å². The Kier molecular flexibility index (Phi) is 3.61. The zero-order valence-electron chi connectivity index (χ0n) is 10.1. The summed E-state index contributed by atoms with van der Waals surface area (Å²) < 4.78 is 0. The predicted molar refractivity (Wildman–Crippen MR) is 66.4 cm³/mol. The van der Waals surface area contributed by atoms with Gasteiger partial charge in [-0.1, -0.05) is 0 Å². The van der Waals surface area contributed by atoms with Crippen LogP contribution in [-0.4, -0.2) is 29.1 Å². The lowest BCUT2D eigenvalue weighted by molar-refractivity contribution is -0.138. The number of hydrogen-bond donors (Lipinski definition) is 1. The molecule has 1 aromatic heterocycles. The van der Waals surface area contributed by atoms with Crippen LogP contribution < -0.4 is 4.90 Å². The molecule has 92 valence electrons. The summed E-state index contributed by atoms with van der Waals surface area (Å²) in [7, 11) is 0. The van der Waals surface area contributed by atoms with E-state index in [1.165, 1.54) is 19.3 Å². The molecule has 1 unspecified atom stereocenters. The van der Waals surface area contributed by atoms with E-state index >= 15 is 0 Å². The Morgan fingerprint density at radius 2 is 2.12 bits per heavy atom. The van der Waals surface area contributed by atoms with Crippen molar-refractivity contribution in [3.05, 3.63) is 24.0 Å². The quantitative estimate of drug-likeness (QED) is 0.871. The number of pyridine rings is 1. The van der Waals surface area contributed by atoms with Crippen LogP contribution in [0.25, 0.3) is 0 Å². The van der Waals surface area contributed by atoms with E-state index in [1.54, 1.807) is 13.1 Å². The van der Waals surface area contributed by atoms with Crippen LogP contribution in [0.2, 0.25) is 0 Å². The molecule has 1 aliphatic heterocycles. The van der Waals surface area contributed by atoms with Crippen LogP contribution in [0, 0.1) is 0 Å². The van der Waals surface area contributed by atoms with Gasteiger partial charge in [0.25, 0.3) is 0 Å². The van der Waals surface area contributed by atoms with E-state index < -0.39 is 11.9 Å². The number of carboxylic acid groups (broad SMARTS) is 1. The monoisotopic (exact) mass is 234 g/mol. The van der Waals surface area contributed by atoms with Crippen molar-refractivity contribution in [1.82, 2.24) is 4.98 Å². The molecule has 0 radical (unpaired) electrons.